The zero-order valence-electron chi connectivity index (χ0n) is 19.5. The normalized spacial score (nSPS) is 11.1. The van der Waals surface area contributed by atoms with Crippen molar-refractivity contribution in [1.29, 1.82) is 0 Å². The van der Waals surface area contributed by atoms with E-state index in [4.69, 9.17) is 1.37 Å². The van der Waals surface area contributed by atoms with E-state index in [0.29, 0.717) is 9.97 Å². The Hall–Kier alpha value is 0.370. The predicted molar refractivity (Wildman–Crippen MR) is 149 cm³/mol. The average Bonchev–Trinajstić information content (AvgIpc) is 3.24. The molecule has 0 aliphatic carbocycles. The summed E-state index contributed by atoms with van der Waals surface area (Å²) in [6, 6.07) is 16.8. The van der Waals surface area contributed by atoms with E-state index in [1.54, 1.807) is 0 Å². The zero-order chi connectivity index (χ0) is 22.7. The number of alkyl halides is 2. The second kappa shape index (κ2) is 16.1. The van der Waals surface area contributed by atoms with Crippen molar-refractivity contribution >= 4 is 89.6 Å². The third-order valence-corrected chi connectivity index (χ3v) is 5.09. The number of nitrogens with one attached hydrogen (secondary N) is 1. The third-order valence-electron chi connectivity index (χ3n) is 3.47. The SMILES string of the molecule is CC(C)n1nc(I)c2ccccc21.Ic1[nH]nc2ccccc12.[2H]CF.[CH2+]C(C)I.[H-].[Na+]. The van der Waals surface area contributed by atoms with Crippen molar-refractivity contribution in [2.45, 2.75) is 30.7 Å². The van der Waals surface area contributed by atoms with Gasteiger partial charge >= 0.3 is 29.6 Å². The van der Waals surface area contributed by atoms with Crippen LogP contribution in [0.5, 0.6) is 0 Å². The van der Waals surface area contributed by atoms with Crippen LogP contribution in [0.2, 0.25) is 0 Å². The number of fused-ring (bicyclic) bond motifs is 2. The van der Waals surface area contributed by atoms with Crippen molar-refractivity contribution in [3.8, 4) is 0 Å². The summed E-state index contributed by atoms with van der Waals surface area (Å²) >= 11 is 6.75. The van der Waals surface area contributed by atoms with Crippen LogP contribution in [0.3, 0.4) is 0 Å². The molecule has 0 saturated carbocycles. The van der Waals surface area contributed by atoms with Gasteiger partial charge in [-0.25, -0.2) is 0 Å². The maximum Gasteiger partial charge on any atom is 1.00 e. The Morgan fingerprint density at radius 3 is 2.13 bits per heavy atom. The van der Waals surface area contributed by atoms with E-state index in [0.717, 1.165) is 12.9 Å². The maximum atomic E-state index is 9.96. The number of H-pyrrole nitrogens is 1. The Morgan fingerprint density at radius 1 is 1.10 bits per heavy atom. The van der Waals surface area contributed by atoms with E-state index in [1.165, 1.54) is 16.3 Å². The van der Waals surface area contributed by atoms with Crippen molar-refractivity contribution in [2.24, 2.45) is 0 Å². The second-order valence-corrected chi connectivity index (χ2v) is 10.4. The van der Waals surface area contributed by atoms with Crippen molar-refractivity contribution < 1.29 is 36.7 Å². The summed E-state index contributed by atoms with van der Waals surface area (Å²) in [4.78, 5) is 0. The fourth-order valence-corrected chi connectivity index (χ4v) is 3.64. The molecule has 0 amide bonds. The topological polar surface area (TPSA) is 46.5 Å². The van der Waals surface area contributed by atoms with Crippen LogP contribution in [-0.2, 0) is 0 Å². The van der Waals surface area contributed by atoms with Crippen LogP contribution in [-0.4, -0.2) is 31.1 Å². The molecule has 1 unspecified atom stereocenters. The van der Waals surface area contributed by atoms with Gasteiger partial charge in [-0.2, -0.15) is 10.2 Å². The summed E-state index contributed by atoms with van der Waals surface area (Å²) in [6.45, 7) is 9.96. The summed E-state index contributed by atoms with van der Waals surface area (Å²) in [5.74, 6) is 0. The van der Waals surface area contributed by atoms with Crippen LogP contribution < -0.4 is 29.6 Å². The van der Waals surface area contributed by atoms with Gasteiger partial charge in [0.25, 0.3) is 0 Å². The molecule has 0 aliphatic heterocycles. The molecule has 4 rings (SSSR count). The molecular weight excluding hydrogens is 731 g/mol. The van der Waals surface area contributed by atoms with Crippen LogP contribution in [0.25, 0.3) is 21.8 Å². The van der Waals surface area contributed by atoms with Crippen LogP contribution in [0, 0.1) is 14.3 Å². The van der Waals surface area contributed by atoms with Gasteiger partial charge in [-0.15, -0.1) is 0 Å². The van der Waals surface area contributed by atoms with Gasteiger partial charge in [-0.1, -0.05) is 36.4 Å². The van der Waals surface area contributed by atoms with Gasteiger partial charge in [0.1, 0.15) is 11.3 Å². The summed E-state index contributed by atoms with van der Waals surface area (Å²) < 4.78 is 20.3. The summed E-state index contributed by atoms with van der Waals surface area (Å²) in [5, 5.41) is 13.9. The molecule has 0 spiro atoms. The number of aromatic nitrogens is 4. The Bertz CT molecular complexity index is 1030. The molecule has 0 fully saturated rings. The number of benzene rings is 2. The molecule has 1 atom stereocenters. The van der Waals surface area contributed by atoms with Crippen molar-refractivity contribution in [3.63, 3.8) is 0 Å². The van der Waals surface area contributed by atoms with Gasteiger partial charge in [-0.05, 0) is 101 Å². The Balaban J connectivity index is 0. The minimum absolute atomic E-state index is 0. The van der Waals surface area contributed by atoms with Gasteiger partial charge < -0.3 is 1.43 Å². The van der Waals surface area contributed by atoms with Crippen molar-refractivity contribution in [1.82, 2.24) is 20.0 Å². The zero-order valence-corrected chi connectivity index (χ0v) is 26.0. The fraction of sp³-hybridized carbons (Fsp3) is 0.286. The molecule has 30 heavy (non-hydrogen) atoms. The molecule has 4 aromatic rings. The number of hydrogen-bond donors (Lipinski definition) is 1. The van der Waals surface area contributed by atoms with Crippen LogP contribution in [0.15, 0.2) is 48.5 Å². The number of hydrogen-bond acceptors (Lipinski definition) is 2. The largest absolute Gasteiger partial charge is 1.00 e. The molecule has 9 heteroatoms. The molecule has 158 valence electrons. The van der Waals surface area contributed by atoms with E-state index in [1.807, 2.05) is 25.1 Å². The molecular formula is C21H26FI3N4Na+. The van der Waals surface area contributed by atoms with Gasteiger partial charge in [0.15, 0.2) is 0 Å². The number of rotatable bonds is 1. The van der Waals surface area contributed by atoms with Crippen molar-refractivity contribution in [2.75, 3.05) is 7.15 Å². The molecule has 0 saturated heterocycles. The molecule has 4 nitrogen and oxygen atoms in total. The quantitative estimate of drug-likeness (QED) is 0.132. The van der Waals surface area contributed by atoms with E-state index in [-0.39, 0.29) is 31.0 Å². The minimum atomic E-state index is -1.00. The Labute approximate surface area is 244 Å². The molecule has 2 heterocycles. The van der Waals surface area contributed by atoms with E-state index >= 15 is 0 Å². The van der Waals surface area contributed by atoms with E-state index < -0.39 is 7.15 Å². The molecule has 0 radical (unpaired) electrons. The first-order valence-corrected chi connectivity index (χ1v) is 12.2. The first-order chi connectivity index (χ1) is 14.2. The summed E-state index contributed by atoms with van der Waals surface area (Å²) in [6.07, 6.45) is 0. The minimum Gasteiger partial charge on any atom is -1.00 e. The maximum absolute atomic E-state index is 9.96. The third kappa shape index (κ3) is 9.47. The predicted octanol–water partition coefficient (Wildman–Crippen LogP) is 4.74. The molecule has 2 aromatic heterocycles. The molecule has 1 N–H and O–H groups in total. The molecule has 0 bridgehead atoms. The summed E-state index contributed by atoms with van der Waals surface area (Å²) in [7, 11) is -1.00. The van der Waals surface area contributed by atoms with E-state index in [9.17, 15) is 4.39 Å². The molecule has 0 aliphatic rings. The molecule has 2 aromatic carbocycles. The first kappa shape index (κ1) is 28.4. The van der Waals surface area contributed by atoms with Crippen molar-refractivity contribution in [3.05, 3.63) is 62.9 Å². The average molecular weight is 758 g/mol. The number of halogens is 4. The van der Waals surface area contributed by atoms with Gasteiger partial charge in [0.05, 0.1) is 26.5 Å². The standard InChI is InChI=1S/C10H11IN2.C7H5IN2.C3H6I.CH3F.Na.H/c1-7(2)13-9-6-4-3-5-8(9)10(11)12-13;8-7-5-3-1-2-4-6(5)9-10-7;1-3(2)4;1-2;;/h3-7H,1-2H3;1-4H,(H,9,10);3H,1H2,2H3;1H3;;/q;;+1;;+1;-1/i;;;1D;;. The number of nitrogens with zero attached hydrogens (tertiary/aromatic N) is 3. The van der Waals surface area contributed by atoms with Crippen LogP contribution in [0.4, 0.5) is 4.39 Å². The first-order valence-electron chi connectivity index (χ1n) is 9.47. The van der Waals surface area contributed by atoms with Crippen LogP contribution in [0.1, 0.15) is 29.6 Å². The second-order valence-electron chi connectivity index (χ2n) is 6.18. The van der Waals surface area contributed by atoms with Gasteiger partial charge in [0, 0.05) is 16.8 Å². The van der Waals surface area contributed by atoms with Gasteiger partial charge in [-0.3, -0.25) is 14.2 Å². The smallest absolute Gasteiger partial charge is 1.00 e. The number of para-hydroxylation sites is 2. The van der Waals surface area contributed by atoms with Crippen LogP contribution >= 0.6 is 67.8 Å². The van der Waals surface area contributed by atoms with E-state index in [2.05, 4.69) is 139 Å². The monoisotopic (exact) mass is 758 g/mol. The Morgan fingerprint density at radius 2 is 1.60 bits per heavy atom. The summed E-state index contributed by atoms with van der Waals surface area (Å²) in [5.41, 5.74) is 2.26. The Kier molecular flexibility index (Phi) is 15.2. The number of aromatic amines is 1. The van der Waals surface area contributed by atoms with Gasteiger partial charge in [0.2, 0.25) is 0 Å². The fourth-order valence-electron chi connectivity index (χ4n) is 2.37.